The number of carbonyl (C=O) groups excluding carboxylic acids is 2. The smallest absolute Gasteiger partial charge is 0.343 e. The molecule has 0 aromatic carbocycles. The molecule has 0 bridgehead atoms. The van der Waals surface area contributed by atoms with Gasteiger partial charge in [-0.15, -0.1) is 0 Å². The van der Waals surface area contributed by atoms with E-state index in [4.69, 9.17) is 16.3 Å². The summed E-state index contributed by atoms with van der Waals surface area (Å²) in [5.41, 5.74) is 0.247. The van der Waals surface area contributed by atoms with Crippen LogP contribution in [0.1, 0.15) is 17.3 Å². The molecule has 0 spiro atoms. The van der Waals surface area contributed by atoms with Crippen molar-refractivity contribution < 1.29 is 14.3 Å². The topological polar surface area (TPSA) is 92.6 Å². The number of nitrogens with zero attached hydrogens (tertiary/aromatic N) is 5. The Bertz CT molecular complexity index is 830. The third-order valence-corrected chi connectivity index (χ3v) is 4.69. The first-order chi connectivity index (χ1) is 13.5. The van der Waals surface area contributed by atoms with Crippen molar-refractivity contribution in [3.05, 3.63) is 35.1 Å². The summed E-state index contributed by atoms with van der Waals surface area (Å²) in [6, 6.07) is 3.71. The summed E-state index contributed by atoms with van der Waals surface area (Å²) < 4.78 is 6.45. The summed E-state index contributed by atoms with van der Waals surface area (Å²) in [7, 11) is 1.66. The highest BCUT2D eigenvalue weighted by atomic mass is 35.5. The molecule has 0 radical (unpaired) electrons. The highest BCUT2D eigenvalue weighted by Gasteiger charge is 2.23. The molecule has 1 saturated heterocycles. The number of rotatable bonds is 6. The van der Waals surface area contributed by atoms with Gasteiger partial charge < -0.3 is 15.0 Å². The minimum absolute atomic E-state index is 0.202. The Morgan fingerprint density at radius 3 is 2.61 bits per heavy atom. The Labute approximate surface area is 168 Å². The van der Waals surface area contributed by atoms with Crippen molar-refractivity contribution in [3.63, 3.8) is 0 Å². The second kappa shape index (κ2) is 9.03. The molecule has 0 unspecified atom stereocenters. The van der Waals surface area contributed by atoms with Gasteiger partial charge in [0.2, 0.25) is 5.91 Å². The zero-order valence-electron chi connectivity index (χ0n) is 15.9. The number of piperazine rings is 1. The zero-order valence-corrected chi connectivity index (χ0v) is 16.6. The molecule has 0 saturated carbocycles. The maximum Gasteiger partial charge on any atom is 0.343 e. The van der Waals surface area contributed by atoms with Gasteiger partial charge in [-0.05, 0) is 19.1 Å². The molecule has 10 heteroatoms. The first-order valence-electron chi connectivity index (χ1n) is 9.05. The second-order valence-electron chi connectivity index (χ2n) is 6.40. The lowest BCUT2D eigenvalue weighted by Crippen LogP contribution is -2.49. The van der Waals surface area contributed by atoms with Crippen LogP contribution in [0.5, 0.6) is 0 Å². The van der Waals surface area contributed by atoms with Crippen LogP contribution in [0.4, 0.5) is 11.6 Å². The van der Waals surface area contributed by atoms with Gasteiger partial charge >= 0.3 is 5.97 Å². The number of esters is 1. The van der Waals surface area contributed by atoms with Gasteiger partial charge in [0.05, 0.1) is 24.4 Å². The van der Waals surface area contributed by atoms with Gasteiger partial charge in [-0.3, -0.25) is 14.4 Å². The molecule has 1 amide bonds. The minimum atomic E-state index is -0.505. The number of halogens is 1. The van der Waals surface area contributed by atoms with Gasteiger partial charge in [-0.2, -0.15) is 5.10 Å². The van der Waals surface area contributed by atoms with Crippen LogP contribution in [0.15, 0.2) is 24.5 Å². The summed E-state index contributed by atoms with van der Waals surface area (Å²) in [5, 5.41) is 7.41. The van der Waals surface area contributed by atoms with E-state index in [0.29, 0.717) is 10.8 Å². The molecule has 1 N–H and O–H groups in total. The van der Waals surface area contributed by atoms with Crippen LogP contribution in [0.25, 0.3) is 0 Å². The lowest BCUT2D eigenvalue weighted by atomic mass is 10.3. The number of hydrogen-bond donors (Lipinski definition) is 1. The van der Waals surface area contributed by atoms with Crippen LogP contribution >= 0.6 is 11.6 Å². The van der Waals surface area contributed by atoms with Crippen molar-refractivity contribution >= 4 is 35.1 Å². The van der Waals surface area contributed by atoms with Crippen LogP contribution in [-0.2, 0) is 16.6 Å². The van der Waals surface area contributed by atoms with E-state index < -0.39 is 5.97 Å². The quantitative estimate of drug-likeness (QED) is 0.725. The van der Waals surface area contributed by atoms with E-state index in [9.17, 15) is 9.59 Å². The van der Waals surface area contributed by atoms with Crippen molar-refractivity contribution in [2.45, 2.75) is 6.92 Å². The molecule has 1 aliphatic rings. The molecule has 0 aliphatic carbocycles. The lowest BCUT2D eigenvalue weighted by molar-refractivity contribution is -0.117. The summed E-state index contributed by atoms with van der Waals surface area (Å²) >= 11 is 5.88. The average Bonchev–Trinajstić information content (AvgIpc) is 3.04. The fraction of sp³-hybridized carbons (Fsp3) is 0.444. The number of anilines is 2. The van der Waals surface area contributed by atoms with E-state index in [0.717, 1.165) is 32.0 Å². The fourth-order valence-electron chi connectivity index (χ4n) is 3.01. The Morgan fingerprint density at radius 2 is 1.96 bits per heavy atom. The third-order valence-electron chi connectivity index (χ3n) is 4.47. The van der Waals surface area contributed by atoms with Gasteiger partial charge in [0.1, 0.15) is 17.2 Å². The molecule has 2 aromatic heterocycles. The number of nitrogens with one attached hydrogen (secondary N) is 1. The molecule has 1 fully saturated rings. The Hall–Kier alpha value is -2.65. The molecule has 3 rings (SSSR count). The first kappa shape index (κ1) is 20.1. The monoisotopic (exact) mass is 406 g/mol. The SMILES string of the molecule is CCOC(=O)c1cnn(C)c1NC(=O)CN1CCN(c2ccc(Cl)cn2)CC1. The van der Waals surface area contributed by atoms with Crippen molar-refractivity contribution in [2.75, 3.05) is 49.5 Å². The predicted octanol–water partition coefficient (Wildman–Crippen LogP) is 1.41. The van der Waals surface area contributed by atoms with Crippen LogP contribution in [-0.4, -0.2) is 70.9 Å². The second-order valence-corrected chi connectivity index (χ2v) is 6.83. The molecule has 1 aliphatic heterocycles. The maximum atomic E-state index is 12.5. The van der Waals surface area contributed by atoms with E-state index in [1.807, 2.05) is 12.1 Å². The zero-order chi connectivity index (χ0) is 20.1. The largest absolute Gasteiger partial charge is 0.462 e. The third kappa shape index (κ3) is 4.79. The standard InChI is InChI=1S/C18H23ClN6O3/c1-3-28-18(27)14-11-21-23(2)17(14)22-16(26)12-24-6-8-25(9-7-24)15-5-4-13(19)10-20-15/h4-5,10-11H,3,6-9,12H2,1-2H3,(H,22,26). The molecular formula is C18H23ClN6O3. The van der Waals surface area contributed by atoms with Crippen LogP contribution < -0.4 is 10.2 Å². The van der Waals surface area contributed by atoms with Gasteiger partial charge in [0, 0.05) is 39.4 Å². The average molecular weight is 407 g/mol. The number of carbonyl (C=O) groups is 2. The van der Waals surface area contributed by atoms with Crippen molar-refractivity contribution in [3.8, 4) is 0 Å². The molecule has 3 heterocycles. The molecule has 2 aromatic rings. The van der Waals surface area contributed by atoms with Crippen LogP contribution in [0.2, 0.25) is 5.02 Å². The number of aryl methyl sites for hydroxylation is 1. The van der Waals surface area contributed by atoms with E-state index in [1.165, 1.54) is 10.9 Å². The van der Waals surface area contributed by atoms with Gasteiger partial charge in [-0.25, -0.2) is 9.78 Å². The summed E-state index contributed by atoms with van der Waals surface area (Å²) in [5.74, 6) is 0.511. The van der Waals surface area contributed by atoms with Crippen molar-refractivity contribution in [1.29, 1.82) is 0 Å². The molecule has 150 valence electrons. The number of ether oxygens (including phenoxy) is 1. The van der Waals surface area contributed by atoms with E-state index in [2.05, 4.69) is 25.2 Å². The fourth-order valence-corrected chi connectivity index (χ4v) is 3.12. The Morgan fingerprint density at radius 1 is 1.21 bits per heavy atom. The minimum Gasteiger partial charge on any atom is -0.462 e. The normalized spacial score (nSPS) is 14.8. The Kier molecular flexibility index (Phi) is 6.48. The van der Waals surface area contributed by atoms with Gasteiger partial charge in [0.25, 0.3) is 0 Å². The van der Waals surface area contributed by atoms with Gasteiger partial charge in [-0.1, -0.05) is 11.6 Å². The Balaban J connectivity index is 1.53. The van der Waals surface area contributed by atoms with Crippen molar-refractivity contribution in [1.82, 2.24) is 19.7 Å². The van der Waals surface area contributed by atoms with E-state index >= 15 is 0 Å². The summed E-state index contributed by atoms with van der Waals surface area (Å²) in [4.78, 5) is 33.0. The maximum absolute atomic E-state index is 12.5. The lowest BCUT2D eigenvalue weighted by Gasteiger charge is -2.35. The molecule has 9 nitrogen and oxygen atoms in total. The van der Waals surface area contributed by atoms with E-state index in [1.54, 1.807) is 20.2 Å². The van der Waals surface area contributed by atoms with Crippen molar-refractivity contribution in [2.24, 2.45) is 7.05 Å². The van der Waals surface area contributed by atoms with Crippen LogP contribution in [0.3, 0.4) is 0 Å². The number of hydrogen-bond acceptors (Lipinski definition) is 7. The highest BCUT2D eigenvalue weighted by molar-refractivity contribution is 6.30. The highest BCUT2D eigenvalue weighted by Crippen LogP contribution is 2.17. The number of pyridine rings is 1. The molecule has 0 atom stereocenters. The molecule has 28 heavy (non-hydrogen) atoms. The summed E-state index contributed by atoms with van der Waals surface area (Å²) in [6.45, 7) is 5.21. The molecular weight excluding hydrogens is 384 g/mol. The summed E-state index contributed by atoms with van der Waals surface area (Å²) in [6.07, 6.45) is 3.03. The number of aromatic nitrogens is 3. The van der Waals surface area contributed by atoms with Crippen LogP contribution in [0, 0.1) is 0 Å². The van der Waals surface area contributed by atoms with Gasteiger partial charge in [0.15, 0.2) is 0 Å². The first-order valence-corrected chi connectivity index (χ1v) is 9.43. The predicted molar refractivity (Wildman–Crippen MR) is 106 cm³/mol. The van der Waals surface area contributed by atoms with E-state index in [-0.39, 0.29) is 24.6 Å². The number of amides is 1.